The number of hydrogen-bond donors (Lipinski definition) is 0. The van der Waals surface area contributed by atoms with E-state index in [4.69, 9.17) is 11.6 Å². The lowest BCUT2D eigenvalue weighted by molar-refractivity contribution is 1.13. The number of benzene rings is 2. The average molecular weight is 242 g/mol. The second-order valence-electron chi connectivity index (χ2n) is 4.73. The first kappa shape index (κ1) is 10.9. The third-order valence-electron chi connectivity index (χ3n) is 3.38. The van der Waals surface area contributed by atoms with Gasteiger partial charge >= 0.3 is 0 Å². The van der Waals surface area contributed by atoms with Crippen LogP contribution >= 0.6 is 11.6 Å². The van der Waals surface area contributed by atoms with Crippen molar-refractivity contribution in [2.45, 2.75) is 25.7 Å². The molecule has 3 rings (SSSR count). The molecule has 1 aliphatic carbocycles. The van der Waals surface area contributed by atoms with Gasteiger partial charge in [-0.15, -0.1) is 0 Å². The Morgan fingerprint density at radius 3 is 2.65 bits per heavy atom. The van der Waals surface area contributed by atoms with Crippen molar-refractivity contribution in [1.29, 1.82) is 0 Å². The summed E-state index contributed by atoms with van der Waals surface area (Å²) in [7, 11) is 0. The average Bonchev–Trinajstić information content (AvgIpc) is 3.15. The molecular formula is C16H14Cl. The SMILES string of the molecule is Cc1[c]cc(C2CC2)cc1-c1ccccc1Cl. The minimum Gasteiger partial charge on any atom is -0.0837 e. The van der Waals surface area contributed by atoms with Gasteiger partial charge in [-0.1, -0.05) is 41.9 Å². The van der Waals surface area contributed by atoms with Crippen LogP contribution in [0.5, 0.6) is 0 Å². The zero-order valence-electron chi connectivity index (χ0n) is 9.83. The van der Waals surface area contributed by atoms with Crippen molar-refractivity contribution < 1.29 is 0 Å². The molecule has 2 aromatic rings. The standard InChI is InChI=1S/C16H14Cl/c1-11-6-7-13(12-8-9-12)10-15(11)14-4-2-3-5-16(14)17/h2-5,7,10,12H,8-9H2,1H3. The molecule has 0 atom stereocenters. The lowest BCUT2D eigenvalue weighted by Crippen LogP contribution is -1.88. The molecule has 1 fully saturated rings. The van der Waals surface area contributed by atoms with Crippen molar-refractivity contribution in [2.75, 3.05) is 0 Å². The highest BCUT2D eigenvalue weighted by Crippen LogP contribution is 2.42. The Labute approximate surface area is 107 Å². The van der Waals surface area contributed by atoms with Gasteiger partial charge in [-0.3, -0.25) is 0 Å². The zero-order chi connectivity index (χ0) is 11.8. The lowest BCUT2D eigenvalue weighted by atomic mass is 9.96. The topological polar surface area (TPSA) is 0 Å². The fraction of sp³-hybridized carbons (Fsp3) is 0.250. The monoisotopic (exact) mass is 241 g/mol. The van der Waals surface area contributed by atoms with E-state index in [-0.39, 0.29) is 0 Å². The van der Waals surface area contributed by atoms with Gasteiger partial charge in [-0.2, -0.15) is 0 Å². The van der Waals surface area contributed by atoms with Gasteiger partial charge in [0.1, 0.15) is 0 Å². The summed E-state index contributed by atoms with van der Waals surface area (Å²) in [5.41, 5.74) is 4.92. The molecule has 0 spiro atoms. The Hall–Kier alpha value is -1.27. The highest BCUT2D eigenvalue weighted by atomic mass is 35.5. The first-order valence-corrected chi connectivity index (χ1v) is 6.40. The number of aryl methyl sites for hydroxylation is 1. The molecule has 0 unspecified atom stereocenters. The van der Waals surface area contributed by atoms with Crippen LogP contribution in [-0.2, 0) is 0 Å². The molecule has 17 heavy (non-hydrogen) atoms. The van der Waals surface area contributed by atoms with E-state index in [0.717, 1.165) is 16.5 Å². The molecule has 0 aliphatic heterocycles. The summed E-state index contributed by atoms with van der Waals surface area (Å²) in [6, 6.07) is 15.8. The molecule has 0 N–H and O–H groups in total. The third-order valence-corrected chi connectivity index (χ3v) is 3.71. The Balaban J connectivity index is 2.12. The van der Waals surface area contributed by atoms with E-state index < -0.39 is 0 Å². The Kier molecular flexibility index (Phi) is 2.68. The molecule has 85 valence electrons. The molecular weight excluding hydrogens is 228 g/mol. The van der Waals surface area contributed by atoms with Crippen LogP contribution in [0, 0.1) is 13.0 Å². The normalized spacial score (nSPS) is 14.9. The van der Waals surface area contributed by atoms with Gasteiger partial charge < -0.3 is 0 Å². The van der Waals surface area contributed by atoms with Gasteiger partial charge in [0.15, 0.2) is 0 Å². The van der Waals surface area contributed by atoms with Crippen LogP contribution in [0.15, 0.2) is 36.4 Å². The minimum absolute atomic E-state index is 0.757. The Bertz CT molecular complexity index is 553. The number of halogens is 1. The molecule has 0 bridgehead atoms. The van der Waals surface area contributed by atoms with Gasteiger partial charge in [0, 0.05) is 10.6 Å². The van der Waals surface area contributed by atoms with Crippen LogP contribution in [0.3, 0.4) is 0 Å². The largest absolute Gasteiger partial charge is 0.0837 e. The molecule has 1 heteroatoms. The zero-order valence-corrected chi connectivity index (χ0v) is 10.6. The van der Waals surface area contributed by atoms with E-state index in [9.17, 15) is 0 Å². The lowest BCUT2D eigenvalue weighted by Gasteiger charge is -2.10. The van der Waals surface area contributed by atoms with Crippen LogP contribution in [0.25, 0.3) is 11.1 Å². The third kappa shape index (κ3) is 2.10. The summed E-state index contributed by atoms with van der Waals surface area (Å²) in [5, 5.41) is 0.817. The molecule has 1 saturated carbocycles. The maximum Gasteiger partial charge on any atom is 0.0484 e. The Morgan fingerprint density at radius 1 is 1.18 bits per heavy atom. The predicted octanol–water partition coefficient (Wildman–Crippen LogP) is 4.99. The summed E-state index contributed by atoms with van der Waals surface area (Å²) in [5.74, 6) is 0.757. The quantitative estimate of drug-likeness (QED) is 0.695. The van der Waals surface area contributed by atoms with E-state index in [1.807, 2.05) is 18.2 Å². The first-order valence-electron chi connectivity index (χ1n) is 6.03. The fourth-order valence-corrected chi connectivity index (χ4v) is 2.44. The highest BCUT2D eigenvalue weighted by Gasteiger charge is 2.24. The van der Waals surface area contributed by atoms with Crippen molar-refractivity contribution in [1.82, 2.24) is 0 Å². The summed E-state index contributed by atoms with van der Waals surface area (Å²) < 4.78 is 0. The smallest absolute Gasteiger partial charge is 0.0484 e. The molecule has 1 aliphatic rings. The van der Waals surface area contributed by atoms with Gasteiger partial charge in [-0.05, 0) is 54.5 Å². The maximum atomic E-state index is 6.26. The van der Waals surface area contributed by atoms with E-state index in [2.05, 4.69) is 31.2 Å². The number of hydrogen-bond acceptors (Lipinski definition) is 0. The van der Waals surface area contributed by atoms with Crippen molar-refractivity contribution in [2.24, 2.45) is 0 Å². The van der Waals surface area contributed by atoms with Gasteiger partial charge in [0.2, 0.25) is 0 Å². The van der Waals surface area contributed by atoms with Crippen LogP contribution in [-0.4, -0.2) is 0 Å². The predicted molar refractivity (Wildman–Crippen MR) is 72.4 cm³/mol. The van der Waals surface area contributed by atoms with Crippen molar-refractivity contribution in [3.63, 3.8) is 0 Å². The van der Waals surface area contributed by atoms with E-state index >= 15 is 0 Å². The molecule has 0 heterocycles. The summed E-state index contributed by atoms with van der Waals surface area (Å²) in [6.45, 7) is 2.09. The molecule has 0 nitrogen and oxygen atoms in total. The second kappa shape index (κ2) is 4.19. The second-order valence-corrected chi connectivity index (χ2v) is 5.13. The van der Waals surface area contributed by atoms with Crippen molar-refractivity contribution >= 4 is 11.6 Å². The van der Waals surface area contributed by atoms with Crippen molar-refractivity contribution in [3.05, 3.63) is 58.6 Å². The van der Waals surface area contributed by atoms with Gasteiger partial charge in [0.25, 0.3) is 0 Å². The van der Waals surface area contributed by atoms with Gasteiger partial charge in [0.05, 0.1) is 0 Å². The van der Waals surface area contributed by atoms with E-state index in [1.165, 1.54) is 29.5 Å². The van der Waals surface area contributed by atoms with Crippen LogP contribution in [0.4, 0.5) is 0 Å². The fourth-order valence-electron chi connectivity index (χ4n) is 2.20. The summed E-state index contributed by atoms with van der Waals surface area (Å²) >= 11 is 6.26. The molecule has 0 amide bonds. The summed E-state index contributed by atoms with van der Waals surface area (Å²) in [6.07, 6.45) is 2.64. The Morgan fingerprint density at radius 2 is 1.94 bits per heavy atom. The molecule has 0 saturated heterocycles. The van der Waals surface area contributed by atoms with Gasteiger partial charge in [-0.25, -0.2) is 0 Å². The van der Waals surface area contributed by atoms with E-state index in [1.54, 1.807) is 0 Å². The van der Waals surface area contributed by atoms with Crippen LogP contribution in [0.1, 0.15) is 29.9 Å². The summed E-state index contributed by atoms with van der Waals surface area (Å²) in [4.78, 5) is 0. The number of rotatable bonds is 2. The minimum atomic E-state index is 0.757. The maximum absolute atomic E-state index is 6.26. The van der Waals surface area contributed by atoms with Crippen LogP contribution < -0.4 is 0 Å². The van der Waals surface area contributed by atoms with Crippen molar-refractivity contribution in [3.8, 4) is 11.1 Å². The molecule has 2 aromatic carbocycles. The molecule has 0 aromatic heterocycles. The molecule has 1 radical (unpaired) electrons. The van der Waals surface area contributed by atoms with Crippen LogP contribution in [0.2, 0.25) is 5.02 Å². The van der Waals surface area contributed by atoms with E-state index in [0.29, 0.717) is 0 Å². The first-order chi connectivity index (χ1) is 8.25. The highest BCUT2D eigenvalue weighted by molar-refractivity contribution is 6.33.